The first-order valence-corrected chi connectivity index (χ1v) is 4.12. The smallest absolute Gasteiger partial charge is 0.384 e. The summed E-state index contributed by atoms with van der Waals surface area (Å²) in [4.78, 5) is 20.9. The summed E-state index contributed by atoms with van der Waals surface area (Å²) in [5.74, 6) is 1.41. The molecule has 0 saturated carbocycles. The van der Waals surface area contributed by atoms with E-state index in [4.69, 9.17) is 0 Å². The molecular weight excluding hydrogens is 218 g/mol. The summed E-state index contributed by atoms with van der Waals surface area (Å²) < 4.78 is 30.4. The largest absolute Gasteiger partial charge is 0.459 e. The number of rotatable bonds is 1. The highest BCUT2D eigenvalue weighted by Gasteiger charge is 2.07. The Morgan fingerprint density at radius 3 is 2.62 bits per heavy atom. The SMILES string of the molecule is COC(=O)C#Cc1cc(F)c(C=O)cc1F. The van der Waals surface area contributed by atoms with E-state index in [1.165, 1.54) is 0 Å². The van der Waals surface area contributed by atoms with E-state index in [2.05, 4.69) is 10.7 Å². The van der Waals surface area contributed by atoms with E-state index in [9.17, 15) is 18.4 Å². The van der Waals surface area contributed by atoms with Crippen LogP contribution in [0.3, 0.4) is 0 Å². The van der Waals surface area contributed by atoms with Crippen molar-refractivity contribution in [3.63, 3.8) is 0 Å². The Hall–Kier alpha value is -2.22. The van der Waals surface area contributed by atoms with Crippen molar-refractivity contribution in [1.82, 2.24) is 0 Å². The molecular formula is C11H6F2O3. The van der Waals surface area contributed by atoms with Crippen LogP contribution in [-0.4, -0.2) is 19.4 Å². The molecule has 0 fully saturated rings. The van der Waals surface area contributed by atoms with Crippen molar-refractivity contribution in [3.8, 4) is 11.8 Å². The molecule has 0 N–H and O–H groups in total. The molecule has 0 atom stereocenters. The van der Waals surface area contributed by atoms with Gasteiger partial charge in [0.15, 0.2) is 6.29 Å². The lowest BCUT2D eigenvalue weighted by molar-refractivity contribution is -0.133. The Morgan fingerprint density at radius 1 is 1.38 bits per heavy atom. The zero-order valence-corrected chi connectivity index (χ0v) is 8.21. The number of carbonyl (C=O) groups is 2. The van der Waals surface area contributed by atoms with Gasteiger partial charge >= 0.3 is 5.97 Å². The molecule has 0 saturated heterocycles. The quantitative estimate of drug-likeness (QED) is 0.410. The summed E-state index contributed by atoms with van der Waals surface area (Å²) >= 11 is 0. The molecule has 1 aromatic rings. The van der Waals surface area contributed by atoms with Crippen LogP contribution in [0.1, 0.15) is 15.9 Å². The van der Waals surface area contributed by atoms with Crippen LogP contribution >= 0.6 is 0 Å². The minimum absolute atomic E-state index is 0.190. The Bertz CT molecular complexity index is 498. The van der Waals surface area contributed by atoms with Gasteiger partial charge in [0.25, 0.3) is 0 Å². The maximum atomic E-state index is 13.2. The monoisotopic (exact) mass is 224 g/mol. The van der Waals surface area contributed by atoms with E-state index in [1.807, 2.05) is 5.92 Å². The molecule has 0 spiro atoms. The molecule has 3 nitrogen and oxygen atoms in total. The van der Waals surface area contributed by atoms with E-state index < -0.39 is 23.2 Å². The minimum Gasteiger partial charge on any atom is -0.459 e. The fraction of sp³-hybridized carbons (Fsp3) is 0.0909. The molecule has 0 amide bonds. The number of methoxy groups -OCH3 is 1. The molecule has 0 aliphatic heterocycles. The highest BCUT2D eigenvalue weighted by molar-refractivity contribution is 5.89. The van der Waals surface area contributed by atoms with Crippen LogP contribution in [0.25, 0.3) is 0 Å². The molecule has 0 unspecified atom stereocenters. The molecule has 16 heavy (non-hydrogen) atoms. The number of hydrogen-bond acceptors (Lipinski definition) is 3. The first kappa shape index (κ1) is 11.9. The van der Waals surface area contributed by atoms with Crippen LogP contribution in [0.2, 0.25) is 0 Å². The first-order chi connectivity index (χ1) is 7.58. The number of carbonyl (C=O) groups excluding carboxylic acids is 2. The summed E-state index contributed by atoms with van der Waals surface area (Å²) in [7, 11) is 1.11. The topological polar surface area (TPSA) is 43.4 Å². The summed E-state index contributed by atoms with van der Waals surface area (Å²) in [5.41, 5.74) is -0.713. The first-order valence-electron chi connectivity index (χ1n) is 4.12. The zero-order valence-electron chi connectivity index (χ0n) is 8.21. The zero-order chi connectivity index (χ0) is 12.1. The van der Waals surface area contributed by atoms with Gasteiger partial charge < -0.3 is 4.74 Å². The molecule has 0 aliphatic rings. The molecule has 0 bridgehead atoms. The standard InChI is InChI=1S/C11H6F2O3/c1-16-11(15)3-2-7-4-10(13)8(6-14)5-9(7)12/h4-6H,1H3. The van der Waals surface area contributed by atoms with Gasteiger partial charge in [-0.1, -0.05) is 5.92 Å². The lowest BCUT2D eigenvalue weighted by Crippen LogP contribution is -1.97. The van der Waals surface area contributed by atoms with Crippen molar-refractivity contribution < 1.29 is 23.1 Å². The lowest BCUT2D eigenvalue weighted by atomic mass is 10.1. The van der Waals surface area contributed by atoms with Crippen molar-refractivity contribution >= 4 is 12.3 Å². The van der Waals surface area contributed by atoms with Crippen molar-refractivity contribution in [3.05, 3.63) is 34.9 Å². The van der Waals surface area contributed by atoms with Crippen LogP contribution in [0.5, 0.6) is 0 Å². The van der Waals surface area contributed by atoms with Gasteiger partial charge in [0.05, 0.1) is 18.2 Å². The van der Waals surface area contributed by atoms with E-state index in [0.717, 1.165) is 13.2 Å². The molecule has 0 aromatic heterocycles. The third-order valence-corrected chi connectivity index (χ3v) is 1.70. The average Bonchev–Trinajstić information content (AvgIpc) is 2.29. The second-order valence-corrected chi connectivity index (χ2v) is 2.71. The van der Waals surface area contributed by atoms with Gasteiger partial charge in [0, 0.05) is 5.92 Å². The second kappa shape index (κ2) is 5.03. The van der Waals surface area contributed by atoms with Crippen molar-refractivity contribution in [1.29, 1.82) is 0 Å². The fourth-order valence-corrected chi connectivity index (χ4v) is 0.918. The Labute approximate surface area is 90.0 Å². The van der Waals surface area contributed by atoms with E-state index >= 15 is 0 Å². The number of aldehydes is 1. The number of ether oxygens (including phenoxy) is 1. The third-order valence-electron chi connectivity index (χ3n) is 1.70. The lowest BCUT2D eigenvalue weighted by Gasteiger charge is -1.97. The molecule has 1 rings (SSSR count). The van der Waals surface area contributed by atoms with Crippen molar-refractivity contribution in [2.45, 2.75) is 0 Å². The Balaban J connectivity index is 3.15. The van der Waals surface area contributed by atoms with Crippen LogP contribution < -0.4 is 0 Å². The van der Waals surface area contributed by atoms with Gasteiger partial charge in [-0.2, -0.15) is 0 Å². The maximum absolute atomic E-state index is 13.2. The van der Waals surface area contributed by atoms with Gasteiger partial charge in [-0.05, 0) is 12.1 Å². The van der Waals surface area contributed by atoms with Gasteiger partial charge in [-0.15, -0.1) is 0 Å². The predicted molar refractivity (Wildman–Crippen MR) is 50.6 cm³/mol. The molecule has 5 heteroatoms. The van der Waals surface area contributed by atoms with Crippen LogP contribution in [0.4, 0.5) is 8.78 Å². The van der Waals surface area contributed by atoms with Crippen LogP contribution in [-0.2, 0) is 9.53 Å². The van der Waals surface area contributed by atoms with Crippen LogP contribution in [0, 0.1) is 23.5 Å². The fourth-order valence-electron chi connectivity index (χ4n) is 0.918. The van der Waals surface area contributed by atoms with E-state index in [1.54, 1.807) is 0 Å². The van der Waals surface area contributed by atoms with E-state index in [0.29, 0.717) is 6.07 Å². The van der Waals surface area contributed by atoms with Gasteiger partial charge in [0.1, 0.15) is 11.6 Å². The van der Waals surface area contributed by atoms with Crippen LogP contribution in [0.15, 0.2) is 12.1 Å². The van der Waals surface area contributed by atoms with Gasteiger partial charge in [-0.3, -0.25) is 4.79 Å². The normalized spacial score (nSPS) is 8.94. The van der Waals surface area contributed by atoms with Gasteiger partial charge in [0.2, 0.25) is 0 Å². The number of esters is 1. The second-order valence-electron chi connectivity index (χ2n) is 2.71. The summed E-state index contributed by atoms with van der Waals surface area (Å²) in [6.45, 7) is 0. The van der Waals surface area contributed by atoms with Crippen molar-refractivity contribution in [2.24, 2.45) is 0 Å². The summed E-state index contributed by atoms with van der Waals surface area (Å²) in [6.07, 6.45) is 0.190. The number of halogens is 2. The third kappa shape index (κ3) is 2.64. The highest BCUT2D eigenvalue weighted by Crippen LogP contribution is 2.12. The Kier molecular flexibility index (Phi) is 3.72. The molecule has 0 heterocycles. The molecule has 0 aliphatic carbocycles. The van der Waals surface area contributed by atoms with Crippen molar-refractivity contribution in [2.75, 3.05) is 7.11 Å². The molecule has 1 aromatic carbocycles. The summed E-state index contributed by atoms with van der Waals surface area (Å²) in [5, 5.41) is 0. The number of benzene rings is 1. The highest BCUT2D eigenvalue weighted by atomic mass is 19.1. The maximum Gasteiger partial charge on any atom is 0.384 e. The summed E-state index contributed by atoms with van der Waals surface area (Å²) in [6, 6.07) is 1.46. The molecule has 82 valence electrons. The minimum atomic E-state index is -0.898. The van der Waals surface area contributed by atoms with Gasteiger partial charge in [-0.25, -0.2) is 13.6 Å². The molecule has 0 radical (unpaired) electrons. The average molecular weight is 224 g/mol. The predicted octanol–water partition coefficient (Wildman–Crippen LogP) is 1.30. The Morgan fingerprint density at radius 2 is 2.06 bits per heavy atom. The van der Waals surface area contributed by atoms with E-state index in [-0.39, 0.29) is 11.8 Å². The number of hydrogen-bond donors (Lipinski definition) is 0.